The minimum Gasteiger partial charge on any atom is -0.497 e. The van der Waals surface area contributed by atoms with Gasteiger partial charge in [0.15, 0.2) is 0 Å². The summed E-state index contributed by atoms with van der Waals surface area (Å²) in [6.45, 7) is 6.16. The molecule has 1 fully saturated rings. The molecule has 84 valence electrons. The highest BCUT2D eigenvalue weighted by Crippen LogP contribution is 2.05. The zero-order valence-electron chi connectivity index (χ0n) is 9.78. The van der Waals surface area contributed by atoms with Crippen LogP contribution in [0.3, 0.4) is 0 Å². The van der Waals surface area contributed by atoms with Crippen molar-refractivity contribution in [2.75, 3.05) is 26.7 Å². The first-order valence-electron chi connectivity index (χ1n) is 5.68. The highest BCUT2D eigenvalue weighted by molar-refractivity contribution is 5.20. The molecule has 2 nitrogen and oxygen atoms in total. The Morgan fingerprint density at radius 3 is 2.07 bits per heavy atom. The lowest BCUT2D eigenvalue weighted by Gasteiger charge is -2.08. The summed E-state index contributed by atoms with van der Waals surface area (Å²) in [4.78, 5) is 2.49. The third-order valence-electron chi connectivity index (χ3n) is 2.62. The van der Waals surface area contributed by atoms with Crippen LogP contribution >= 0.6 is 0 Å². The standard InChI is InChI=1S/C7H8O.C6H13N/c1-8-7-5-3-2-4-6-7;1-2-7-5-3-4-6-7/h2-6H,1H3;2-6H2,1H3. The molecule has 1 aliphatic rings. The number of hydrogen-bond donors (Lipinski definition) is 0. The van der Waals surface area contributed by atoms with E-state index >= 15 is 0 Å². The summed E-state index contributed by atoms with van der Waals surface area (Å²) in [6, 6.07) is 9.68. The van der Waals surface area contributed by atoms with Crippen LogP contribution in [0.15, 0.2) is 30.3 Å². The molecule has 1 aromatic rings. The van der Waals surface area contributed by atoms with Gasteiger partial charge in [-0.25, -0.2) is 0 Å². The van der Waals surface area contributed by atoms with Gasteiger partial charge in [0.2, 0.25) is 0 Å². The highest BCUT2D eigenvalue weighted by atomic mass is 16.5. The number of rotatable bonds is 2. The van der Waals surface area contributed by atoms with Crippen molar-refractivity contribution in [3.05, 3.63) is 30.3 Å². The molecule has 1 aromatic carbocycles. The Hall–Kier alpha value is -1.02. The summed E-state index contributed by atoms with van der Waals surface area (Å²) in [5, 5.41) is 0. The van der Waals surface area contributed by atoms with Gasteiger partial charge < -0.3 is 9.64 Å². The van der Waals surface area contributed by atoms with E-state index in [4.69, 9.17) is 4.74 Å². The van der Waals surface area contributed by atoms with E-state index in [1.54, 1.807) is 7.11 Å². The van der Waals surface area contributed by atoms with Crippen LogP contribution < -0.4 is 4.74 Å². The average Bonchev–Trinajstić information content (AvgIpc) is 2.84. The Labute approximate surface area is 92.9 Å². The van der Waals surface area contributed by atoms with E-state index < -0.39 is 0 Å². The average molecular weight is 207 g/mol. The van der Waals surface area contributed by atoms with Crippen molar-refractivity contribution in [2.45, 2.75) is 19.8 Å². The van der Waals surface area contributed by atoms with Crippen molar-refractivity contribution in [3.63, 3.8) is 0 Å². The van der Waals surface area contributed by atoms with E-state index in [1.165, 1.54) is 32.5 Å². The van der Waals surface area contributed by atoms with Crippen LogP contribution in [0.4, 0.5) is 0 Å². The minimum atomic E-state index is 0.910. The smallest absolute Gasteiger partial charge is 0.118 e. The van der Waals surface area contributed by atoms with Crippen molar-refractivity contribution < 1.29 is 4.74 Å². The number of methoxy groups -OCH3 is 1. The minimum absolute atomic E-state index is 0.910. The van der Waals surface area contributed by atoms with Gasteiger partial charge in [0.1, 0.15) is 5.75 Å². The van der Waals surface area contributed by atoms with E-state index in [0.29, 0.717) is 0 Å². The molecule has 0 aromatic heterocycles. The Morgan fingerprint density at radius 2 is 1.73 bits per heavy atom. The maximum Gasteiger partial charge on any atom is 0.118 e. The third-order valence-corrected chi connectivity index (χ3v) is 2.62. The molecule has 0 radical (unpaired) electrons. The first-order chi connectivity index (χ1) is 7.36. The molecule has 1 heterocycles. The maximum atomic E-state index is 4.91. The summed E-state index contributed by atoms with van der Waals surface area (Å²) in [5.74, 6) is 0.910. The zero-order valence-corrected chi connectivity index (χ0v) is 9.78. The predicted octanol–water partition coefficient (Wildman–Crippen LogP) is 2.80. The molecule has 0 unspecified atom stereocenters. The van der Waals surface area contributed by atoms with Gasteiger partial charge in [0.05, 0.1) is 7.11 Å². The number of para-hydroxylation sites is 1. The van der Waals surface area contributed by atoms with Gasteiger partial charge in [0, 0.05) is 0 Å². The molecule has 0 N–H and O–H groups in total. The van der Waals surface area contributed by atoms with Crippen LogP contribution in [0, 0.1) is 0 Å². The van der Waals surface area contributed by atoms with E-state index in [1.807, 2.05) is 30.3 Å². The number of ether oxygens (including phenoxy) is 1. The van der Waals surface area contributed by atoms with Crippen LogP contribution in [0.25, 0.3) is 0 Å². The third kappa shape index (κ3) is 4.84. The maximum absolute atomic E-state index is 4.91. The summed E-state index contributed by atoms with van der Waals surface area (Å²) in [7, 11) is 1.66. The fraction of sp³-hybridized carbons (Fsp3) is 0.538. The van der Waals surface area contributed by atoms with Gasteiger partial charge >= 0.3 is 0 Å². The van der Waals surface area contributed by atoms with Crippen LogP contribution in [0.5, 0.6) is 5.75 Å². The van der Waals surface area contributed by atoms with Crippen molar-refractivity contribution in [3.8, 4) is 5.75 Å². The molecule has 0 bridgehead atoms. The molecule has 0 spiro atoms. The molecule has 2 heteroatoms. The quantitative estimate of drug-likeness (QED) is 0.739. The molecular formula is C13H21NO. The van der Waals surface area contributed by atoms with Gasteiger partial charge in [-0.05, 0) is 44.6 Å². The second kappa shape index (κ2) is 7.30. The number of nitrogens with zero attached hydrogens (tertiary/aromatic N) is 1. The van der Waals surface area contributed by atoms with Crippen molar-refractivity contribution in [2.24, 2.45) is 0 Å². The Morgan fingerprint density at radius 1 is 1.13 bits per heavy atom. The van der Waals surface area contributed by atoms with Crippen LogP contribution in [0.1, 0.15) is 19.8 Å². The Kier molecular flexibility index (Phi) is 5.86. The van der Waals surface area contributed by atoms with Gasteiger partial charge in [-0.3, -0.25) is 0 Å². The Bertz CT molecular complexity index is 242. The van der Waals surface area contributed by atoms with Gasteiger partial charge in [-0.2, -0.15) is 0 Å². The number of likely N-dealkylation sites (tertiary alicyclic amines) is 1. The van der Waals surface area contributed by atoms with E-state index in [9.17, 15) is 0 Å². The highest BCUT2D eigenvalue weighted by Gasteiger charge is 2.06. The zero-order chi connectivity index (χ0) is 10.9. The van der Waals surface area contributed by atoms with Crippen molar-refractivity contribution in [1.82, 2.24) is 4.90 Å². The largest absolute Gasteiger partial charge is 0.497 e. The lowest BCUT2D eigenvalue weighted by atomic mass is 10.3. The van der Waals surface area contributed by atoms with E-state index in [2.05, 4.69) is 11.8 Å². The first kappa shape index (κ1) is 12.1. The molecule has 1 aliphatic heterocycles. The van der Waals surface area contributed by atoms with Crippen LogP contribution in [-0.4, -0.2) is 31.6 Å². The molecule has 2 rings (SSSR count). The fourth-order valence-electron chi connectivity index (χ4n) is 1.66. The summed E-state index contributed by atoms with van der Waals surface area (Å²) >= 11 is 0. The Balaban J connectivity index is 0.000000151. The number of benzene rings is 1. The van der Waals surface area contributed by atoms with E-state index in [-0.39, 0.29) is 0 Å². The van der Waals surface area contributed by atoms with Gasteiger partial charge in [0.25, 0.3) is 0 Å². The second-order valence-electron chi connectivity index (χ2n) is 3.66. The van der Waals surface area contributed by atoms with E-state index in [0.717, 1.165) is 5.75 Å². The summed E-state index contributed by atoms with van der Waals surface area (Å²) in [6.07, 6.45) is 2.85. The molecular weight excluding hydrogens is 186 g/mol. The monoisotopic (exact) mass is 207 g/mol. The SMILES string of the molecule is CCN1CCCC1.COc1ccccc1. The first-order valence-corrected chi connectivity index (χ1v) is 5.68. The summed E-state index contributed by atoms with van der Waals surface area (Å²) in [5.41, 5.74) is 0. The normalized spacial score (nSPS) is 15.6. The fourth-order valence-corrected chi connectivity index (χ4v) is 1.66. The van der Waals surface area contributed by atoms with Crippen LogP contribution in [0.2, 0.25) is 0 Å². The predicted molar refractivity (Wildman–Crippen MR) is 64.3 cm³/mol. The second-order valence-corrected chi connectivity index (χ2v) is 3.66. The van der Waals surface area contributed by atoms with Gasteiger partial charge in [-0.15, -0.1) is 0 Å². The van der Waals surface area contributed by atoms with Gasteiger partial charge in [-0.1, -0.05) is 25.1 Å². The van der Waals surface area contributed by atoms with Crippen molar-refractivity contribution >= 4 is 0 Å². The van der Waals surface area contributed by atoms with Crippen molar-refractivity contribution in [1.29, 1.82) is 0 Å². The molecule has 15 heavy (non-hydrogen) atoms. The molecule has 0 amide bonds. The molecule has 1 saturated heterocycles. The lowest BCUT2D eigenvalue weighted by Crippen LogP contribution is -2.17. The summed E-state index contributed by atoms with van der Waals surface area (Å²) < 4.78 is 4.91. The number of hydrogen-bond acceptors (Lipinski definition) is 2. The molecule has 0 atom stereocenters. The molecule has 0 saturated carbocycles. The lowest BCUT2D eigenvalue weighted by molar-refractivity contribution is 0.359. The topological polar surface area (TPSA) is 12.5 Å². The molecule has 0 aliphatic carbocycles. The van der Waals surface area contributed by atoms with Crippen LogP contribution in [-0.2, 0) is 0 Å².